The van der Waals surface area contributed by atoms with Crippen LogP contribution in [0.4, 0.5) is 5.13 Å². The minimum atomic E-state index is -0.618. The first-order valence-corrected chi connectivity index (χ1v) is 9.42. The lowest BCUT2D eigenvalue weighted by molar-refractivity contribution is -0.125. The van der Waals surface area contributed by atoms with E-state index in [2.05, 4.69) is 47.7 Å². The van der Waals surface area contributed by atoms with Gasteiger partial charge in [0, 0.05) is 17.5 Å². The van der Waals surface area contributed by atoms with Crippen molar-refractivity contribution < 1.29 is 9.59 Å². The standard InChI is InChI=1S/C19H26N4O2S/c1-11(2)17(20)18(25)21-10-16(24)23-19-22-9-15(26-19)8-14-6-5-12(3)13(4)7-14/h5-7,9,11,17H,8,10,20H2,1-4H3,(H,21,25)(H,22,23,24)/t17-/m0/s1. The molecule has 0 spiro atoms. The molecule has 0 unspecified atom stereocenters. The van der Waals surface area contributed by atoms with Gasteiger partial charge in [0.1, 0.15) is 0 Å². The third-order valence-corrected chi connectivity index (χ3v) is 5.11. The van der Waals surface area contributed by atoms with Crippen molar-refractivity contribution in [3.05, 3.63) is 46.0 Å². The monoisotopic (exact) mass is 374 g/mol. The molecular weight excluding hydrogens is 348 g/mol. The third-order valence-electron chi connectivity index (χ3n) is 4.19. The first-order valence-electron chi connectivity index (χ1n) is 8.60. The van der Waals surface area contributed by atoms with Gasteiger partial charge in [-0.25, -0.2) is 4.98 Å². The Hall–Kier alpha value is -2.25. The molecule has 4 N–H and O–H groups in total. The van der Waals surface area contributed by atoms with E-state index in [1.165, 1.54) is 28.0 Å². The minimum absolute atomic E-state index is 0.0185. The number of amides is 2. The van der Waals surface area contributed by atoms with Gasteiger partial charge in [-0.2, -0.15) is 0 Å². The van der Waals surface area contributed by atoms with E-state index in [1.807, 2.05) is 13.8 Å². The van der Waals surface area contributed by atoms with Crippen LogP contribution in [0, 0.1) is 19.8 Å². The van der Waals surface area contributed by atoms with Crippen molar-refractivity contribution in [3.8, 4) is 0 Å². The number of aromatic nitrogens is 1. The average molecular weight is 375 g/mol. The fourth-order valence-corrected chi connectivity index (χ4v) is 3.18. The molecule has 1 heterocycles. The second-order valence-corrected chi connectivity index (χ2v) is 7.88. The molecule has 0 bridgehead atoms. The van der Waals surface area contributed by atoms with E-state index in [9.17, 15) is 9.59 Å². The molecular formula is C19H26N4O2S. The lowest BCUT2D eigenvalue weighted by Gasteiger charge is -2.14. The molecule has 2 aromatic rings. The highest BCUT2D eigenvalue weighted by molar-refractivity contribution is 7.15. The van der Waals surface area contributed by atoms with Crippen molar-refractivity contribution in [2.75, 3.05) is 11.9 Å². The number of nitrogens with two attached hydrogens (primary N) is 1. The molecule has 0 radical (unpaired) electrons. The van der Waals surface area contributed by atoms with Crippen LogP contribution in [0.25, 0.3) is 0 Å². The van der Waals surface area contributed by atoms with Crippen molar-refractivity contribution in [2.24, 2.45) is 11.7 Å². The molecule has 1 aromatic heterocycles. The number of hydrogen-bond donors (Lipinski definition) is 3. The van der Waals surface area contributed by atoms with E-state index in [-0.39, 0.29) is 24.3 Å². The largest absolute Gasteiger partial charge is 0.346 e. The van der Waals surface area contributed by atoms with E-state index in [1.54, 1.807) is 6.20 Å². The summed E-state index contributed by atoms with van der Waals surface area (Å²) in [6, 6.07) is 5.76. The Morgan fingerprint density at radius 2 is 1.96 bits per heavy atom. The van der Waals surface area contributed by atoms with Crippen molar-refractivity contribution in [1.82, 2.24) is 10.3 Å². The molecule has 140 valence electrons. The highest BCUT2D eigenvalue weighted by Crippen LogP contribution is 2.22. The van der Waals surface area contributed by atoms with Crippen molar-refractivity contribution in [2.45, 2.75) is 40.2 Å². The van der Waals surface area contributed by atoms with E-state index < -0.39 is 6.04 Å². The van der Waals surface area contributed by atoms with Crippen LogP contribution in [0.2, 0.25) is 0 Å². The zero-order chi connectivity index (χ0) is 19.3. The number of carbonyl (C=O) groups excluding carboxylic acids is 2. The van der Waals surface area contributed by atoms with Crippen LogP contribution in [-0.2, 0) is 16.0 Å². The second kappa shape index (κ2) is 8.91. The van der Waals surface area contributed by atoms with Gasteiger partial charge in [0.25, 0.3) is 0 Å². The normalized spacial score (nSPS) is 12.1. The van der Waals surface area contributed by atoms with Crippen LogP contribution < -0.4 is 16.4 Å². The molecule has 2 rings (SSSR count). The molecule has 0 fully saturated rings. The number of rotatable bonds is 7. The molecule has 1 atom stereocenters. The van der Waals surface area contributed by atoms with Crippen LogP contribution in [0.15, 0.2) is 24.4 Å². The maximum absolute atomic E-state index is 12.0. The van der Waals surface area contributed by atoms with Gasteiger partial charge in [0.05, 0.1) is 12.6 Å². The summed E-state index contributed by atoms with van der Waals surface area (Å²) in [4.78, 5) is 29.0. The Morgan fingerprint density at radius 3 is 2.62 bits per heavy atom. The van der Waals surface area contributed by atoms with Gasteiger partial charge in [0.2, 0.25) is 11.8 Å². The average Bonchev–Trinajstić information content (AvgIpc) is 3.02. The third kappa shape index (κ3) is 5.64. The Balaban J connectivity index is 1.86. The maximum Gasteiger partial charge on any atom is 0.245 e. The molecule has 26 heavy (non-hydrogen) atoms. The number of hydrogen-bond acceptors (Lipinski definition) is 5. The molecule has 2 amide bonds. The molecule has 0 aliphatic rings. The molecule has 7 heteroatoms. The minimum Gasteiger partial charge on any atom is -0.346 e. The summed E-state index contributed by atoms with van der Waals surface area (Å²) in [7, 11) is 0. The number of aryl methyl sites for hydroxylation is 2. The smallest absolute Gasteiger partial charge is 0.245 e. The second-order valence-electron chi connectivity index (χ2n) is 6.76. The van der Waals surface area contributed by atoms with Crippen LogP contribution in [0.5, 0.6) is 0 Å². The number of anilines is 1. The fourth-order valence-electron chi connectivity index (χ4n) is 2.31. The highest BCUT2D eigenvalue weighted by Gasteiger charge is 2.17. The quantitative estimate of drug-likeness (QED) is 0.693. The zero-order valence-electron chi connectivity index (χ0n) is 15.6. The predicted octanol–water partition coefficient (Wildman–Crippen LogP) is 2.39. The number of carbonyl (C=O) groups is 2. The number of thiazole rings is 1. The summed E-state index contributed by atoms with van der Waals surface area (Å²) in [5.74, 6) is -0.629. The van der Waals surface area contributed by atoms with E-state index >= 15 is 0 Å². The maximum atomic E-state index is 12.0. The van der Waals surface area contributed by atoms with Crippen molar-refractivity contribution in [1.29, 1.82) is 0 Å². The van der Waals surface area contributed by atoms with Gasteiger partial charge < -0.3 is 16.4 Å². The molecule has 0 saturated heterocycles. The molecule has 0 aliphatic heterocycles. The van der Waals surface area contributed by atoms with Crippen molar-refractivity contribution >= 4 is 28.3 Å². The Bertz CT molecular complexity index is 786. The summed E-state index contributed by atoms with van der Waals surface area (Å²) >= 11 is 1.43. The molecule has 6 nitrogen and oxygen atoms in total. The topological polar surface area (TPSA) is 97.1 Å². The number of benzene rings is 1. The predicted molar refractivity (Wildman–Crippen MR) is 105 cm³/mol. The summed E-state index contributed by atoms with van der Waals surface area (Å²) < 4.78 is 0. The van der Waals surface area contributed by atoms with Gasteiger partial charge in [-0.1, -0.05) is 32.0 Å². The Labute approximate surface area is 158 Å². The van der Waals surface area contributed by atoms with Gasteiger partial charge in [-0.05, 0) is 36.5 Å². The van der Waals surface area contributed by atoms with Crippen LogP contribution in [0.3, 0.4) is 0 Å². The fraction of sp³-hybridized carbons (Fsp3) is 0.421. The lowest BCUT2D eigenvalue weighted by Crippen LogP contribution is -2.46. The lowest BCUT2D eigenvalue weighted by atomic mass is 10.0. The zero-order valence-corrected chi connectivity index (χ0v) is 16.4. The van der Waals surface area contributed by atoms with E-state index in [0.29, 0.717) is 5.13 Å². The van der Waals surface area contributed by atoms with Crippen LogP contribution in [-0.4, -0.2) is 29.4 Å². The van der Waals surface area contributed by atoms with E-state index in [0.717, 1.165) is 11.3 Å². The first kappa shape index (κ1) is 20.1. The van der Waals surface area contributed by atoms with Crippen LogP contribution >= 0.6 is 11.3 Å². The summed E-state index contributed by atoms with van der Waals surface area (Å²) in [5.41, 5.74) is 9.48. The van der Waals surface area contributed by atoms with Crippen molar-refractivity contribution in [3.63, 3.8) is 0 Å². The molecule has 0 saturated carbocycles. The summed E-state index contributed by atoms with van der Waals surface area (Å²) in [6.07, 6.45) is 2.54. The Kier molecular flexibility index (Phi) is 6.88. The van der Waals surface area contributed by atoms with Crippen LogP contribution in [0.1, 0.15) is 35.4 Å². The molecule has 1 aromatic carbocycles. The van der Waals surface area contributed by atoms with Gasteiger partial charge in [0.15, 0.2) is 5.13 Å². The van der Waals surface area contributed by atoms with Gasteiger partial charge in [-0.3, -0.25) is 9.59 Å². The highest BCUT2D eigenvalue weighted by atomic mass is 32.1. The Morgan fingerprint density at radius 1 is 1.23 bits per heavy atom. The van der Waals surface area contributed by atoms with E-state index in [4.69, 9.17) is 5.73 Å². The number of nitrogens with zero attached hydrogens (tertiary/aromatic N) is 1. The SMILES string of the molecule is Cc1ccc(Cc2cnc(NC(=O)CNC(=O)[C@@H](N)C(C)C)s2)cc1C. The first-order chi connectivity index (χ1) is 12.3. The van der Waals surface area contributed by atoms with Gasteiger partial charge >= 0.3 is 0 Å². The summed E-state index contributed by atoms with van der Waals surface area (Å²) in [6.45, 7) is 7.78. The molecule has 0 aliphatic carbocycles. The van der Waals surface area contributed by atoms with Gasteiger partial charge in [-0.15, -0.1) is 11.3 Å². The number of nitrogens with one attached hydrogen (secondary N) is 2. The summed E-state index contributed by atoms with van der Waals surface area (Å²) in [5, 5.41) is 5.77.